The van der Waals surface area contributed by atoms with Crippen LogP contribution in [-0.4, -0.2) is 31.0 Å². The molecular formula is C8H12N2O. The van der Waals surface area contributed by atoms with Gasteiger partial charge in [0, 0.05) is 12.4 Å². The van der Waals surface area contributed by atoms with Gasteiger partial charge >= 0.3 is 0 Å². The lowest BCUT2D eigenvalue weighted by molar-refractivity contribution is 0.111. The molecule has 0 amide bonds. The van der Waals surface area contributed by atoms with E-state index in [4.69, 9.17) is 4.74 Å². The van der Waals surface area contributed by atoms with E-state index in [1.165, 1.54) is 0 Å². The molecule has 0 aliphatic carbocycles. The minimum atomic E-state index is 0.845. The molecule has 60 valence electrons. The Balaban J connectivity index is 2.04. The first-order chi connectivity index (χ1) is 5.47. The second-order valence-corrected chi connectivity index (χ2v) is 2.63. The van der Waals surface area contributed by atoms with Crippen molar-refractivity contribution in [3.05, 3.63) is 24.5 Å². The fourth-order valence-electron chi connectivity index (χ4n) is 1.30. The van der Waals surface area contributed by atoms with Gasteiger partial charge in [0.15, 0.2) is 0 Å². The van der Waals surface area contributed by atoms with Crippen LogP contribution >= 0.6 is 0 Å². The lowest BCUT2D eigenvalue weighted by Crippen LogP contribution is -2.43. The van der Waals surface area contributed by atoms with Crippen LogP contribution in [0.1, 0.15) is 0 Å². The standard InChI is InChI=1S/C8H12N2O/c1-2-4-9(3-1)10-5-7-11-8-6-10/h1-4H,5-8H2. The zero-order valence-corrected chi connectivity index (χ0v) is 6.44. The highest BCUT2D eigenvalue weighted by atomic mass is 16.5. The smallest absolute Gasteiger partial charge is 0.0658 e. The highest BCUT2D eigenvalue weighted by molar-refractivity contribution is 4.98. The summed E-state index contributed by atoms with van der Waals surface area (Å²) in [6.45, 7) is 3.68. The van der Waals surface area contributed by atoms with E-state index in [9.17, 15) is 0 Å². The monoisotopic (exact) mass is 152 g/mol. The first-order valence-electron chi connectivity index (χ1n) is 3.93. The summed E-state index contributed by atoms with van der Waals surface area (Å²) in [4.78, 5) is 0. The molecule has 1 aromatic heterocycles. The van der Waals surface area contributed by atoms with Crippen molar-refractivity contribution < 1.29 is 4.74 Å². The molecule has 0 N–H and O–H groups in total. The minimum Gasteiger partial charge on any atom is -0.378 e. The Hall–Kier alpha value is -0.960. The summed E-state index contributed by atoms with van der Waals surface area (Å²) < 4.78 is 7.36. The normalized spacial score (nSPS) is 18.7. The SMILES string of the molecule is c1ccn(N2CCOCC2)c1. The average molecular weight is 152 g/mol. The molecule has 0 atom stereocenters. The van der Waals surface area contributed by atoms with Crippen molar-refractivity contribution in [2.75, 3.05) is 31.3 Å². The van der Waals surface area contributed by atoms with Crippen molar-refractivity contribution in [1.82, 2.24) is 4.68 Å². The molecule has 11 heavy (non-hydrogen) atoms. The van der Waals surface area contributed by atoms with Crippen LogP contribution in [0.15, 0.2) is 24.5 Å². The van der Waals surface area contributed by atoms with Crippen LogP contribution in [0.25, 0.3) is 0 Å². The van der Waals surface area contributed by atoms with Crippen molar-refractivity contribution in [3.8, 4) is 0 Å². The first kappa shape index (κ1) is 6.73. The van der Waals surface area contributed by atoms with E-state index in [1.807, 2.05) is 12.1 Å². The van der Waals surface area contributed by atoms with Crippen molar-refractivity contribution in [2.45, 2.75) is 0 Å². The highest BCUT2D eigenvalue weighted by Crippen LogP contribution is 1.97. The van der Waals surface area contributed by atoms with Gasteiger partial charge in [-0.05, 0) is 12.1 Å². The van der Waals surface area contributed by atoms with Gasteiger partial charge in [-0.1, -0.05) is 0 Å². The zero-order chi connectivity index (χ0) is 7.52. The summed E-state index contributed by atoms with van der Waals surface area (Å²) in [5, 5.41) is 2.27. The number of hydrogen-bond acceptors (Lipinski definition) is 2. The van der Waals surface area contributed by atoms with E-state index < -0.39 is 0 Å². The predicted octanol–water partition coefficient (Wildman–Crippen LogP) is 0.456. The Bertz CT molecular complexity index is 202. The molecule has 0 spiro atoms. The second kappa shape index (κ2) is 2.96. The van der Waals surface area contributed by atoms with E-state index in [-0.39, 0.29) is 0 Å². The number of ether oxygens (including phenoxy) is 1. The molecule has 0 unspecified atom stereocenters. The van der Waals surface area contributed by atoms with Crippen LogP contribution < -0.4 is 5.01 Å². The van der Waals surface area contributed by atoms with Crippen LogP contribution in [0.3, 0.4) is 0 Å². The van der Waals surface area contributed by atoms with Crippen molar-refractivity contribution in [1.29, 1.82) is 0 Å². The van der Waals surface area contributed by atoms with Gasteiger partial charge in [-0.3, -0.25) is 4.68 Å². The topological polar surface area (TPSA) is 17.4 Å². The summed E-state index contributed by atoms with van der Waals surface area (Å²) in [5.74, 6) is 0. The van der Waals surface area contributed by atoms with E-state index in [2.05, 4.69) is 22.1 Å². The molecule has 1 aliphatic heterocycles. The van der Waals surface area contributed by atoms with Crippen LogP contribution in [0.2, 0.25) is 0 Å². The average Bonchev–Trinajstić information content (AvgIpc) is 2.58. The molecule has 2 rings (SSSR count). The lowest BCUT2D eigenvalue weighted by atomic mass is 10.5. The number of nitrogens with zero attached hydrogens (tertiary/aromatic N) is 2. The van der Waals surface area contributed by atoms with Crippen molar-refractivity contribution in [3.63, 3.8) is 0 Å². The molecule has 0 saturated carbocycles. The van der Waals surface area contributed by atoms with Gasteiger partial charge in [0.25, 0.3) is 0 Å². The third-order valence-electron chi connectivity index (χ3n) is 1.90. The van der Waals surface area contributed by atoms with Gasteiger partial charge < -0.3 is 9.75 Å². The first-order valence-corrected chi connectivity index (χ1v) is 3.93. The maximum Gasteiger partial charge on any atom is 0.0658 e. The Kier molecular flexibility index (Phi) is 1.81. The molecule has 3 nitrogen and oxygen atoms in total. The van der Waals surface area contributed by atoms with Crippen LogP contribution in [0, 0.1) is 0 Å². The van der Waals surface area contributed by atoms with Gasteiger partial charge in [-0.2, -0.15) is 0 Å². The third kappa shape index (κ3) is 1.38. The Morgan fingerprint density at radius 1 is 1.00 bits per heavy atom. The number of morpholine rings is 1. The van der Waals surface area contributed by atoms with Gasteiger partial charge in [-0.25, -0.2) is 0 Å². The molecule has 1 fully saturated rings. The van der Waals surface area contributed by atoms with Gasteiger partial charge in [0.05, 0.1) is 26.3 Å². The van der Waals surface area contributed by atoms with Crippen molar-refractivity contribution >= 4 is 0 Å². The molecular weight excluding hydrogens is 140 g/mol. The van der Waals surface area contributed by atoms with Gasteiger partial charge in [-0.15, -0.1) is 0 Å². The molecule has 1 aliphatic rings. The summed E-state index contributed by atoms with van der Waals surface area (Å²) >= 11 is 0. The van der Waals surface area contributed by atoms with Crippen LogP contribution in [0.5, 0.6) is 0 Å². The highest BCUT2D eigenvalue weighted by Gasteiger charge is 2.08. The number of aromatic nitrogens is 1. The van der Waals surface area contributed by atoms with E-state index in [1.54, 1.807) is 0 Å². The second-order valence-electron chi connectivity index (χ2n) is 2.63. The summed E-state index contributed by atoms with van der Waals surface area (Å²) in [7, 11) is 0. The molecule has 0 bridgehead atoms. The van der Waals surface area contributed by atoms with E-state index in [0.717, 1.165) is 26.3 Å². The number of hydrogen-bond donors (Lipinski definition) is 0. The Morgan fingerprint density at radius 2 is 1.64 bits per heavy atom. The fraction of sp³-hybridized carbons (Fsp3) is 0.500. The molecule has 3 heteroatoms. The molecule has 1 saturated heterocycles. The van der Waals surface area contributed by atoms with E-state index >= 15 is 0 Å². The lowest BCUT2D eigenvalue weighted by Gasteiger charge is -2.29. The Labute approximate surface area is 66.1 Å². The van der Waals surface area contributed by atoms with E-state index in [0.29, 0.717) is 0 Å². The summed E-state index contributed by atoms with van der Waals surface area (Å²) in [6, 6.07) is 4.07. The minimum absolute atomic E-state index is 0.845. The number of rotatable bonds is 1. The zero-order valence-electron chi connectivity index (χ0n) is 6.44. The fourth-order valence-corrected chi connectivity index (χ4v) is 1.30. The van der Waals surface area contributed by atoms with Crippen LogP contribution in [-0.2, 0) is 4.74 Å². The molecule has 2 heterocycles. The molecule has 0 radical (unpaired) electrons. The maximum absolute atomic E-state index is 5.24. The third-order valence-corrected chi connectivity index (χ3v) is 1.90. The molecule has 1 aromatic rings. The van der Waals surface area contributed by atoms with Gasteiger partial charge in [0.2, 0.25) is 0 Å². The summed E-state index contributed by atoms with van der Waals surface area (Å²) in [5.41, 5.74) is 0. The van der Waals surface area contributed by atoms with Crippen molar-refractivity contribution in [2.24, 2.45) is 0 Å². The largest absolute Gasteiger partial charge is 0.378 e. The predicted molar refractivity (Wildman–Crippen MR) is 43.2 cm³/mol. The quantitative estimate of drug-likeness (QED) is 0.581. The summed E-state index contributed by atoms with van der Waals surface area (Å²) in [6.07, 6.45) is 4.12. The van der Waals surface area contributed by atoms with Crippen LogP contribution in [0.4, 0.5) is 0 Å². The van der Waals surface area contributed by atoms with Gasteiger partial charge in [0.1, 0.15) is 0 Å². The maximum atomic E-state index is 5.24. The molecule has 0 aromatic carbocycles. The Morgan fingerprint density at radius 3 is 2.27 bits per heavy atom.